The van der Waals surface area contributed by atoms with Gasteiger partial charge in [0.1, 0.15) is 5.75 Å². The first-order valence-electron chi connectivity index (χ1n) is 18.7. The zero-order valence-corrected chi connectivity index (χ0v) is 29.2. The summed E-state index contributed by atoms with van der Waals surface area (Å²) >= 11 is 0. The molecule has 4 fully saturated rings. The van der Waals surface area contributed by atoms with Crippen LogP contribution in [0.25, 0.3) is 0 Å². The van der Waals surface area contributed by atoms with Crippen molar-refractivity contribution in [2.45, 2.75) is 141 Å². The van der Waals surface area contributed by atoms with Crippen LogP contribution in [0.4, 0.5) is 35.1 Å². The van der Waals surface area contributed by atoms with Crippen molar-refractivity contribution in [3.8, 4) is 11.5 Å². The molecule has 0 spiro atoms. The number of hydrogen-bond donors (Lipinski definition) is 0. The van der Waals surface area contributed by atoms with E-state index in [2.05, 4.69) is 23.3 Å². The fraction of sp³-hybridized carbons (Fsp3) is 0.700. The van der Waals surface area contributed by atoms with Crippen LogP contribution in [0.5, 0.6) is 11.5 Å². The van der Waals surface area contributed by atoms with Gasteiger partial charge < -0.3 is 9.47 Å². The zero-order chi connectivity index (χ0) is 36.1. The lowest BCUT2D eigenvalue weighted by Crippen LogP contribution is -2.25. The van der Waals surface area contributed by atoms with Gasteiger partial charge >= 0.3 is 12.7 Å². The third kappa shape index (κ3) is 11.2. The first kappa shape index (κ1) is 38.7. The maximum absolute atomic E-state index is 13.9. The average Bonchev–Trinajstić information content (AvgIpc) is 3.07. The fourth-order valence-electron chi connectivity index (χ4n) is 9.33. The Bertz CT molecular complexity index is 1300. The predicted molar refractivity (Wildman–Crippen MR) is 178 cm³/mol. The molecule has 4 aliphatic carbocycles. The number of alkyl halides is 6. The first-order valence-corrected chi connectivity index (χ1v) is 18.7. The highest BCUT2D eigenvalue weighted by atomic mass is 19.4. The minimum Gasteiger partial charge on any atom is -0.406 e. The van der Waals surface area contributed by atoms with E-state index in [1.165, 1.54) is 76.3 Å². The summed E-state index contributed by atoms with van der Waals surface area (Å²) in [4.78, 5) is 0. The minimum absolute atomic E-state index is 0.00213. The molecule has 2 nitrogen and oxygen atoms in total. The van der Waals surface area contributed by atoms with Crippen molar-refractivity contribution >= 4 is 0 Å². The van der Waals surface area contributed by atoms with E-state index in [1.807, 2.05) is 0 Å². The van der Waals surface area contributed by atoms with Gasteiger partial charge in [-0.05, 0) is 160 Å². The number of halogens is 8. The van der Waals surface area contributed by atoms with Crippen LogP contribution >= 0.6 is 0 Å². The molecule has 0 saturated heterocycles. The summed E-state index contributed by atoms with van der Waals surface area (Å²) in [7, 11) is 0. The smallest absolute Gasteiger partial charge is 0.406 e. The Labute approximate surface area is 291 Å². The number of benzene rings is 2. The van der Waals surface area contributed by atoms with Gasteiger partial charge in [-0.3, -0.25) is 0 Å². The summed E-state index contributed by atoms with van der Waals surface area (Å²) in [6.07, 6.45) is 9.47. The molecule has 6 rings (SSSR count). The highest BCUT2D eigenvalue weighted by Crippen LogP contribution is 2.46. The molecule has 50 heavy (non-hydrogen) atoms. The summed E-state index contributed by atoms with van der Waals surface area (Å²) in [5, 5.41) is 0. The quantitative estimate of drug-likeness (QED) is 0.277. The van der Waals surface area contributed by atoms with E-state index in [4.69, 9.17) is 0 Å². The minimum atomic E-state index is -5.11. The van der Waals surface area contributed by atoms with Crippen LogP contribution in [0.3, 0.4) is 0 Å². The number of ether oxygens (including phenoxy) is 2. The van der Waals surface area contributed by atoms with E-state index in [9.17, 15) is 35.1 Å². The number of rotatable bonds is 6. The summed E-state index contributed by atoms with van der Waals surface area (Å²) in [6, 6.07) is 8.48. The van der Waals surface area contributed by atoms with E-state index in [0.29, 0.717) is 17.4 Å². The Morgan fingerprint density at radius 1 is 0.460 bits per heavy atom. The molecular weight excluding hydrogens is 664 g/mol. The lowest BCUT2D eigenvalue weighted by molar-refractivity contribution is -0.277. The van der Waals surface area contributed by atoms with Gasteiger partial charge in [-0.15, -0.1) is 26.3 Å². The topological polar surface area (TPSA) is 18.5 Å². The molecule has 0 atom stereocenters. The highest BCUT2D eigenvalue weighted by Gasteiger charge is 2.36. The molecule has 2 aromatic rings. The number of hydrogen-bond acceptors (Lipinski definition) is 2. The van der Waals surface area contributed by atoms with Crippen LogP contribution in [-0.4, -0.2) is 12.7 Å². The second-order valence-corrected chi connectivity index (χ2v) is 15.7. The Morgan fingerprint density at radius 3 is 1.16 bits per heavy atom. The van der Waals surface area contributed by atoms with Gasteiger partial charge in [0.05, 0.1) is 0 Å². The molecule has 10 heteroatoms. The standard InChI is InChI=1S/C20H25F5O.C20H27F3O/c1-12-2-4-13(5-3-12)14-6-8-15(9-7-14)16-10-17(21)19(18(22)11-16)26-20(23,24)25;1-14-2-4-15(5-3-14)16-6-8-17(9-7-16)18-10-12-19(13-11-18)24-20(21,22)23/h10-15H,2-9H2,1H3;10-17H,2-9H2,1H3. The van der Waals surface area contributed by atoms with E-state index < -0.39 is 30.1 Å². The molecule has 0 radical (unpaired) electrons. The molecular formula is C40H52F8O2. The summed E-state index contributed by atoms with van der Waals surface area (Å²) < 4.78 is 109. The monoisotopic (exact) mass is 716 g/mol. The van der Waals surface area contributed by atoms with E-state index in [0.717, 1.165) is 85.8 Å². The molecule has 280 valence electrons. The highest BCUT2D eigenvalue weighted by molar-refractivity contribution is 5.34. The second kappa shape index (κ2) is 16.9. The Hall–Kier alpha value is -2.52. The molecule has 0 N–H and O–H groups in total. The average molecular weight is 717 g/mol. The van der Waals surface area contributed by atoms with Gasteiger partial charge in [0.2, 0.25) is 5.75 Å². The largest absolute Gasteiger partial charge is 0.573 e. The molecule has 0 heterocycles. The Morgan fingerprint density at radius 2 is 0.800 bits per heavy atom. The van der Waals surface area contributed by atoms with Crippen molar-refractivity contribution in [3.05, 3.63) is 59.2 Å². The van der Waals surface area contributed by atoms with Gasteiger partial charge in [-0.2, -0.15) is 0 Å². The molecule has 0 bridgehead atoms. The van der Waals surface area contributed by atoms with Crippen LogP contribution in [0.1, 0.15) is 140 Å². The molecule has 4 aliphatic rings. The van der Waals surface area contributed by atoms with E-state index in [1.54, 1.807) is 12.1 Å². The third-order valence-corrected chi connectivity index (χ3v) is 12.3. The SMILES string of the molecule is CC1CCC(C2CCC(c3cc(F)c(OC(F)(F)F)c(F)c3)CC2)CC1.CC1CCC(C2CCC(c3ccc(OC(F)(F)F)cc3)CC2)CC1. The maximum Gasteiger partial charge on any atom is 0.573 e. The van der Waals surface area contributed by atoms with Gasteiger partial charge in [0.15, 0.2) is 11.6 Å². The van der Waals surface area contributed by atoms with Crippen LogP contribution in [-0.2, 0) is 0 Å². The molecule has 4 saturated carbocycles. The summed E-state index contributed by atoms with van der Waals surface area (Å²) in [6.45, 7) is 4.65. The van der Waals surface area contributed by atoms with Crippen LogP contribution in [0, 0.1) is 47.1 Å². The van der Waals surface area contributed by atoms with Crippen molar-refractivity contribution < 1.29 is 44.6 Å². The zero-order valence-electron chi connectivity index (χ0n) is 29.2. The lowest BCUT2D eigenvalue weighted by atomic mass is 9.68. The van der Waals surface area contributed by atoms with Crippen molar-refractivity contribution in [1.29, 1.82) is 0 Å². The Balaban J connectivity index is 0.000000195. The van der Waals surface area contributed by atoms with Crippen molar-refractivity contribution in [2.75, 3.05) is 0 Å². The third-order valence-electron chi connectivity index (χ3n) is 12.3. The van der Waals surface area contributed by atoms with Crippen LogP contribution < -0.4 is 9.47 Å². The van der Waals surface area contributed by atoms with Gasteiger partial charge in [0, 0.05) is 0 Å². The van der Waals surface area contributed by atoms with E-state index in [-0.39, 0.29) is 11.7 Å². The summed E-state index contributed by atoms with van der Waals surface area (Å²) in [5.74, 6) is 1.31. The molecule has 0 unspecified atom stereocenters. The molecule has 2 aromatic carbocycles. The van der Waals surface area contributed by atoms with E-state index >= 15 is 0 Å². The molecule has 0 aromatic heterocycles. The van der Waals surface area contributed by atoms with Crippen molar-refractivity contribution in [3.63, 3.8) is 0 Å². The normalized spacial score (nSPS) is 30.9. The van der Waals surface area contributed by atoms with Crippen molar-refractivity contribution in [1.82, 2.24) is 0 Å². The maximum atomic E-state index is 13.9. The van der Waals surface area contributed by atoms with Crippen LogP contribution in [0.2, 0.25) is 0 Å². The molecule has 0 aliphatic heterocycles. The lowest BCUT2D eigenvalue weighted by Gasteiger charge is -2.37. The predicted octanol–water partition coefficient (Wildman–Crippen LogP) is 13.6. The Kier molecular flexibility index (Phi) is 13.1. The van der Waals surface area contributed by atoms with Crippen molar-refractivity contribution in [2.24, 2.45) is 35.5 Å². The second-order valence-electron chi connectivity index (χ2n) is 15.7. The van der Waals surface area contributed by atoms with Crippen LogP contribution in [0.15, 0.2) is 36.4 Å². The van der Waals surface area contributed by atoms with Gasteiger partial charge in [-0.1, -0.05) is 51.7 Å². The van der Waals surface area contributed by atoms with Gasteiger partial charge in [-0.25, -0.2) is 8.78 Å². The first-order chi connectivity index (χ1) is 23.6. The van der Waals surface area contributed by atoms with Gasteiger partial charge in [0.25, 0.3) is 0 Å². The molecule has 0 amide bonds. The fourth-order valence-corrected chi connectivity index (χ4v) is 9.33. The summed E-state index contributed by atoms with van der Waals surface area (Å²) in [5.41, 5.74) is 1.59.